The van der Waals surface area contributed by atoms with Crippen LogP contribution in [0.15, 0.2) is 56.9 Å². The number of nitrogens with zero attached hydrogens (tertiary/aromatic N) is 6. The number of pyridine rings is 1. The average Bonchev–Trinajstić information content (AvgIpc) is 3.59. The normalized spacial score (nSPS) is 18.4. The predicted molar refractivity (Wildman–Crippen MR) is 138 cm³/mol. The van der Waals surface area contributed by atoms with E-state index < -0.39 is 22.1 Å². The lowest BCUT2D eigenvalue weighted by molar-refractivity contribution is 0.178. The van der Waals surface area contributed by atoms with Crippen molar-refractivity contribution in [2.75, 3.05) is 0 Å². The maximum atomic E-state index is 15.1. The van der Waals surface area contributed by atoms with Crippen LogP contribution in [0, 0.1) is 5.95 Å². The maximum absolute atomic E-state index is 15.1. The quantitative estimate of drug-likeness (QED) is 0.344. The Bertz CT molecular complexity index is 1870. The third kappa shape index (κ3) is 3.44. The van der Waals surface area contributed by atoms with Crippen LogP contribution in [0.5, 0.6) is 0 Å². The first kappa shape index (κ1) is 24.1. The van der Waals surface area contributed by atoms with Gasteiger partial charge < -0.3 is 5.11 Å². The number of aromatic nitrogens is 6. The van der Waals surface area contributed by atoms with E-state index in [-0.39, 0.29) is 38.0 Å². The molecule has 10 nitrogen and oxygen atoms in total. The number of hydrogen-bond acceptors (Lipinski definition) is 6. The number of halogens is 2. The molecule has 1 aromatic carbocycles. The standard InChI is InChI=1S/C24H22BrFN6O4S/c1-29-12-16(22(26)28-29)20-19(25)18-21-17(30(2)24(34)31(21)13-8-9-14(33)10-13)11-27-23(18)32(20)37(35,36)15-6-4-3-5-7-15/h3-7,11-14,33H,8-10H2,1-2H3/t13-,14-/m1/s1. The first-order valence-corrected chi connectivity index (χ1v) is 13.8. The van der Waals surface area contributed by atoms with Gasteiger partial charge in [-0.05, 0) is 47.3 Å². The number of fused-ring (bicyclic) bond motifs is 3. The van der Waals surface area contributed by atoms with Gasteiger partial charge >= 0.3 is 5.69 Å². The van der Waals surface area contributed by atoms with Crippen LogP contribution in [0.25, 0.3) is 33.3 Å². The number of aliphatic hydroxyl groups excluding tert-OH is 1. The average molecular weight is 589 g/mol. The summed E-state index contributed by atoms with van der Waals surface area (Å²) in [6.45, 7) is 0. The molecular formula is C24H22BrFN6O4S. The Kier molecular flexibility index (Phi) is 5.44. The molecule has 0 aliphatic heterocycles. The van der Waals surface area contributed by atoms with Gasteiger partial charge in [0, 0.05) is 26.3 Å². The molecule has 192 valence electrons. The fourth-order valence-electron chi connectivity index (χ4n) is 5.29. The van der Waals surface area contributed by atoms with Gasteiger partial charge in [0.25, 0.3) is 10.0 Å². The molecule has 1 fully saturated rings. The number of imidazole rings is 1. The third-order valence-electron chi connectivity index (χ3n) is 6.99. The van der Waals surface area contributed by atoms with E-state index in [2.05, 4.69) is 26.0 Å². The molecule has 0 unspecified atom stereocenters. The first-order valence-electron chi connectivity index (χ1n) is 11.6. The largest absolute Gasteiger partial charge is 0.393 e. The van der Waals surface area contributed by atoms with Crippen molar-refractivity contribution in [2.45, 2.75) is 36.3 Å². The highest BCUT2D eigenvalue weighted by Gasteiger charge is 2.34. The molecule has 1 N–H and O–H groups in total. The highest BCUT2D eigenvalue weighted by Crippen LogP contribution is 2.44. The molecule has 13 heteroatoms. The Morgan fingerprint density at radius 1 is 1.16 bits per heavy atom. The molecule has 5 aromatic rings. The molecule has 1 saturated carbocycles. The molecule has 0 spiro atoms. The Morgan fingerprint density at radius 2 is 1.89 bits per heavy atom. The van der Waals surface area contributed by atoms with E-state index in [9.17, 15) is 18.3 Å². The summed E-state index contributed by atoms with van der Waals surface area (Å²) in [5, 5.41) is 14.3. The minimum Gasteiger partial charge on any atom is -0.393 e. The third-order valence-corrected chi connectivity index (χ3v) is 9.47. The zero-order chi connectivity index (χ0) is 26.2. The van der Waals surface area contributed by atoms with Gasteiger partial charge in [-0.1, -0.05) is 18.2 Å². The van der Waals surface area contributed by atoms with Gasteiger partial charge in [0.1, 0.15) is 0 Å². The Hall–Kier alpha value is -3.29. The summed E-state index contributed by atoms with van der Waals surface area (Å²) < 4.78 is 48.7. The SMILES string of the molecule is Cn1cc(-c2c(Br)c3c(ncc4c3n([C@@H]3CC[C@@H](O)C3)c(=O)n4C)n2S(=O)(=O)c2ccccc2)c(F)n1. The monoisotopic (exact) mass is 588 g/mol. The molecule has 4 aromatic heterocycles. The van der Waals surface area contributed by atoms with E-state index in [4.69, 9.17) is 0 Å². The lowest BCUT2D eigenvalue weighted by Crippen LogP contribution is -2.25. The van der Waals surface area contributed by atoms with Gasteiger partial charge in [-0.2, -0.15) is 4.39 Å². The molecule has 1 aliphatic rings. The van der Waals surface area contributed by atoms with Crippen LogP contribution >= 0.6 is 15.9 Å². The molecule has 1 aliphatic carbocycles. The second-order valence-corrected chi connectivity index (χ2v) is 11.9. The van der Waals surface area contributed by atoms with Crippen molar-refractivity contribution < 1.29 is 17.9 Å². The number of aliphatic hydroxyl groups is 1. The zero-order valence-electron chi connectivity index (χ0n) is 19.8. The number of aryl methyl sites for hydroxylation is 2. The van der Waals surface area contributed by atoms with Crippen LogP contribution in [0.1, 0.15) is 25.3 Å². The molecule has 0 bridgehead atoms. The first-order chi connectivity index (χ1) is 17.6. The number of rotatable bonds is 4. The van der Waals surface area contributed by atoms with Gasteiger partial charge in [-0.25, -0.2) is 22.2 Å². The second-order valence-electron chi connectivity index (χ2n) is 9.28. The van der Waals surface area contributed by atoms with E-state index in [1.54, 1.807) is 29.8 Å². The molecule has 0 radical (unpaired) electrons. The van der Waals surface area contributed by atoms with Gasteiger partial charge in [-0.3, -0.25) is 13.8 Å². The van der Waals surface area contributed by atoms with Gasteiger partial charge in [0.15, 0.2) is 5.65 Å². The molecule has 6 rings (SSSR count). The predicted octanol–water partition coefficient (Wildman–Crippen LogP) is 3.31. The fraction of sp³-hybridized carbons (Fsp3) is 0.292. The van der Waals surface area contributed by atoms with Crippen LogP contribution in [0.3, 0.4) is 0 Å². The van der Waals surface area contributed by atoms with Crippen molar-refractivity contribution in [3.05, 3.63) is 63.6 Å². The second kappa shape index (κ2) is 8.36. The van der Waals surface area contributed by atoms with Gasteiger partial charge in [0.05, 0.1) is 49.3 Å². The molecule has 4 heterocycles. The van der Waals surface area contributed by atoms with Crippen molar-refractivity contribution in [3.8, 4) is 11.3 Å². The van der Waals surface area contributed by atoms with Gasteiger partial charge in [0.2, 0.25) is 5.95 Å². The van der Waals surface area contributed by atoms with Crippen molar-refractivity contribution in [3.63, 3.8) is 0 Å². The van der Waals surface area contributed by atoms with Crippen LogP contribution < -0.4 is 5.69 Å². The number of benzene rings is 1. The van der Waals surface area contributed by atoms with Crippen molar-refractivity contribution in [1.82, 2.24) is 27.9 Å². The minimum atomic E-state index is -4.26. The lowest BCUT2D eigenvalue weighted by Gasteiger charge is -2.12. The fourth-order valence-corrected chi connectivity index (χ4v) is 7.67. The van der Waals surface area contributed by atoms with E-state index in [1.165, 1.54) is 40.8 Å². The Labute approximate surface area is 218 Å². The molecular weight excluding hydrogens is 567 g/mol. The summed E-state index contributed by atoms with van der Waals surface area (Å²) in [5.41, 5.74) is 0.672. The zero-order valence-corrected chi connectivity index (χ0v) is 22.2. The Morgan fingerprint density at radius 3 is 2.51 bits per heavy atom. The topological polar surface area (TPSA) is 117 Å². The van der Waals surface area contributed by atoms with Crippen molar-refractivity contribution in [2.24, 2.45) is 14.1 Å². The van der Waals surface area contributed by atoms with Crippen LogP contribution in [-0.4, -0.2) is 47.5 Å². The Balaban J connectivity index is 1.80. The van der Waals surface area contributed by atoms with Gasteiger partial charge in [-0.15, -0.1) is 5.10 Å². The van der Waals surface area contributed by atoms with Crippen molar-refractivity contribution >= 4 is 48.0 Å². The number of hydrogen-bond donors (Lipinski definition) is 1. The highest BCUT2D eigenvalue weighted by molar-refractivity contribution is 9.10. The smallest absolute Gasteiger partial charge is 0.329 e. The summed E-state index contributed by atoms with van der Waals surface area (Å²) in [7, 11) is -1.10. The van der Waals surface area contributed by atoms with E-state index in [1.807, 2.05) is 0 Å². The molecule has 0 amide bonds. The highest BCUT2D eigenvalue weighted by atomic mass is 79.9. The summed E-state index contributed by atoms with van der Waals surface area (Å²) >= 11 is 3.55. The van der Waals surface area contributed by atoms with Crippen molar-refractivity contribution in [1.29, 1.82) is 0 Å². The van der Waals surface area contributed by atoms with Crippen LogP contribution in [-0.2, 0) is 24.1 Å². The molecule has 0 saturated heterocycles. The molecule has 37 heavy (non-hydrogen) atoms. The van der Waals surface area contributed by atoms with Crippen LogP contribution in [0.2, 0.25) is 0 Å². The summed E-state index contributed by atoms with van der Waals surface area (Å²) in [5.74, 6) is -0.851. The lowest BCUT2D eigenvalue weighted by atomic mass is 10.2. The summed E-state index contributed by atoms with van der Waals surface area (Å²) in [4.78, 5) is 17.9. The summed E-state index contributed by atoms with van der Waals surface area (Å²) in [6.07, 6.45) is 3.86. The van der Waals surface area contributed by atoms with Crippen LogP contribution in [0.4, 0.5) is 4.39 Å². The molecule has 2 atom stereocenters. The van der Waals surface area contributed by atoms with E-state index >= 15 is 4.39 Å². The summed E-state index contributed by atoms with van der Waals surface area (Å²) in [6, 6.07) is 7.53. The minimum absolute atomic E-state index is 0.00351. The maximum Gasteiger partial charge on any atom is 0.329 e. The van der Waals surface area contributed by atoms with E-state index in [0.717, 1.165) is 3.97 Å². The van der Waals surface area contributed by atoms with E-state index in [0.29, 0.717) is 35.7 Å².